The van der Waals surface area contributed by atoms with E-state index >= 15 is 0 Å². The Morgan fingerprint density at radius 3 is 1.76 bits per heavy atom. The Kier molecular flexibility index (Phi) is 15.7. The van der Waals surface area contributed by atoms with Crippen molar-refractivity contribution >= 4 is 21.8 Å². The third-order valence-electron chi connectivity index (χ3n) is 5.67. The molecular formula is C32H50N2. The molecule has 0 spiro atoms. The van der Waals surface area contributed by atoms with Gasteiger partial charge >= 0.3 is 0 Å². The average Bonchev–Trinajstić information content (AvgIpc) is 3.25. The van der Waals surface area contributed by atoms with Crippen LogP contribution in [0.3, 0.4) is 0 Å². The van der Waals surface area contributed by atoms with Crippen LogP contribution in [0.5, 0.6) is 0 Å². The normalized spacial score (nSPS) is 10.4. The number of aromatic nitrogens is 1. The van der Waals surface area contributed by atoms with E-state index in [4.69, 9.17) is 0 Å². The Morgan fingerprint density at radius 2 is 1.21 bits per heavy atom. The predicted octanol–water partition coefficient (Wildman–Crippen LogP) is 9.25. The van der Waals surface area contributed by atoms with Gasteiger partial charge < -0.3 is 9.88 Å². The zero-order valence-electron chi connectivity index (χ0n) is 22.5. The largest absolute Gasteiger partial charge is 0.341 e. The smallest absolute Gasteiger partial charge is 0.0530 e. The van der Waals surface area contributed by atoms with E-state index in [0.717, 1.165) is 25.9 Å². The van der Waals surface area contributed by atoms with Crippen LogP contribution in [0, 0.1) is 0 Å². The van der Waals surface area contributed by atoms with Crippen molar-refractivity contribution in [2.75, 3.05) is 13.6 Å². The van der Waals surface area contributed by atoms with Crippen molar-refractivity contribution in [3.05, 3.63) is 82.9 Å². The number of benzene rings is 3. The van der Waals surface area contributed by atoms with Crippen molar-refractivity contribution in [1.29, 1.82) is 0 Å². The van der Waals surface area contributed by atoms with Gasteiger partial charge in [-0.3, -0.25) is 0 Å². The molecule has 1 aromatic heterocycles. The Balaban J connectivity index is 0.000000874. The van der Waals surface area contributed by atoms with Gasteiger partial charge in [0.15, 0.2) is 0 Å². The summed E-state index contributed by atoms with van der Waals surface area (Å²) in [5.41, 5.74) is 8.80. The molecule has 0 bridgehead atoms. The summed E-state index contributed by atoms with van der Waals surface area (Å²) in [7, 11) is 1.93. The van der Waals surface area contributed by atoms with Crippen LogP contribution in [0.4, 0.5) is 0 Å². The average molecular weight is 463 g/mol. The zero-order valence-corrected chi connectivity index (χ0v) is 22.5. The summed E-state index contributed by atoms with van der Waals surface area (Å²) in [4.78, 5) is 0. The van der Waals surface area contributed by atoms with E-state index in [1.165, 1.54) is 44.1 Å². The highest BCUT2D eigenvalue weighted by Crippen LogP contribution is 2.37. The van der Waals surface area contributed by atoms with Gasteiger partial charge in [0, 0.05) is 29.3 Å². The Morgan fingerprint density at radius 1 is 0.676 bits per heavy atom. The highest BCUT2D eigenvalue weighted by molar-refractivity contribution is 6.09. The van der Waals surface area contributed by atoms with Gasteiger partial charge in [0.2, 0.25) is 0 Å². The summed E-state index contributed by atoms with van der Waals surface area (Å²) in [6, 6.07) is 22.4. The molecule has 0 saturated carbocycles. The molecule has 0 aliphatic heterocycles. The molecule has 0 radical (unpaired) electrons. The molecule has 0 saturated heterocycles. The first-order valence-corrected chi connectivity index (χ1v) is 13.0. The molecule has 0 fully saturated rings. The molecule has 188 valence electrons. The van der Waals surface area contributed by atoms with Crippen LogP contribution < -0.4 is 5.32 Å². The van der Waals surface area contributed by atoms with E-state index in [1.807, 2.05) is 48.6 Å². The molecule has 4 aromatic rings. The first kappa shape index (κ1) is 31.4. The van der Waals surface area contributed by atoms with Crippen molar-refractivity contribution in [3.63, 3.8) is 0 Å². The second-order valence-corrected chi connectivity index (χ2v) is 7.19. The van der Waals surface area contributed by atoms with Crippen LogP contribution in [0.1, 0.15) is 85.1 Å². The fourth-order valence-corrected chi connectivity index (χ4v) is 4.25. The van der Waals surface area contributed by atoms with Gasteiger partial charge in [-0.25, -0.2) is 0 Å². The lowest BCUT2D eigenvalue weighted by molar-refractivity contribution is 0.819. The monoisotopic (exact) mass is 462 g/mol. The molecule has 1 heterocycles. The van der Waals surface area contributed by atoms with Gasteiger partial charge in [-0.1, -0.05) is 110 Å². The highest BCUT2D eigenvalue weighted by Gasteiger charge is 2.20. The maximum atomic E-state index is 2.93. The lowest BCUT2D eigenvalue weighted by Gasteiger charge is -2.21. The second-order valence-electron chi connectivity index (χ2n) is 7.19. The third-order valence-corrected chi connectivity index (χ3v) is 5.67. The molecule has 1 N–H and O–H groups in total. The molecule has 0 atom stereocenters. The number of aryl methyl sites for hydroxylation is 1. The van der Waals surface area contributed by atoms with Crippen LogP contribution in [-0.4, -0.2) is 18.2 Å². The van der Waals surface area contributed by atoms with Crippen LogP contribution in [0.25, 0.3) is 21.8 Å². The maximum Gasteiger partial charge on any atom is 0.0530 e. The molecule has 2 heteroatoms. The van der Waals surface area contributed by atoms with Gasteiger partial charge in [-0.05, 0) is 55.3 Å². The number of nitrogens with zero attached hydrogens (tertiary/aromatic N) is 1. The summed E-state index contributed by atoms with van der Waals surface area (Å²) >= 11 is 0. The lowest BCUT2D eigenvalue weighted by Crippen LogP contribution is -2.09. The minimum Gasteiger partial charge on any atom is -0.341 e. The summed E-state index contributed by atoms with van der Waals surface area (Å²) in [6.45, 7) is 18.4. The van der Waals surface area contributed by atoms with Gasteiger partial charge in [-0.2, -0.15) is 0 Å². The minimum absolute atomic E-state index is 0. The minimum atomic E-state index is 0. The standard InChI is InChI=1S/C22H19N.C3H9N.3C2H6.CH4/c1-2-23-21-10-6-5-9-18(21)19-12-11-17-13-15-7-3-4-8-16(15)14-20(17)22(19)23;1-3-4-2;3*1-2;/h3-12H,2,13-14H2,1H3;4H,3H2,1-2H3;3*1-2H3;1H4. The summed E-state index contributed by atoms with van der Waals surface area (Å²) in [5.74, 6) is 0. The SMILES string of the molecule is C.CC.CC.CC.CCNC.CCn1c2ccccc2c2ccc3c(c21)Cc1ccccc1C3. The van der Waals surface area contributed by atoms with E-state index in [0.29, 0.717) is 0 Å². The molecule has 0 amide bonds. The lowest BCUT2D eigenvalue weighted by atomic mass is 9.85. The Bertz CT molecular complexity index is 1090. The fraction of sp³-hybridized carbons (Fsp3) is 0.438. The molecule has 0 unspecified atom stereocenters. The summed E-state index contributed by atoms with van der Waals surface area (Å²) in [6.07, 6.45) is 2.12. The Labute approximate surface area is 210 Å². The maximum absolute atomic E-state index is 2.93. The molecule has 3 aromatic carbocycles. The van der Waals surface area contributed by atoms with E-state index < -0.39 is 0 Å². The fourth-order valence-electron chi connectivity index (χ4n) is 4.25. The topological polar surface area (TPSA) is 17.0 Å². The van der Waals surface area contributed by atoms with Crippen molar-refractivity contribution in [2.24, 2.45) is 0 Å². The van der Waals surface area contributed by atoms with Crippen molar-refractivity contribution in [1.82, 2.24) is 9.88 Å². The predicted molar refractivity (Wildman–Crippen MR) is 158 cm³/mol. The van der Waals surface area contributed by atoms with Gasteiger partial charge in [0.05, 0.1) is 5.52 Å². The number of hydrogen-bond acceptors (Lipinski definition) is 1. The molecular weight excluding hydrogens is 412 g/mol. The van der Waals surface area contributed by atoms with Gasteiger partial charge in [-0.15, -0.1) is 0 Å². The summed E-state index contributed by atoms with van der Waals surface area (Å²) < 4.78 is 2.50. The number of rotatable bonds is 2. The number of para-hydroxylation sites is 1. The highest BCUT2D eigenvalue weighted by atomic mass is 15.0. The molecule has 1 aliphatic carbocycles. The number of hydrogen-bond donors (Lipinski definition) is 1. The molecule has 5 rings (SSSR count). The quantitative estimate of drug-likeness (QED) is 0.276. The van der Waals surface area contributed by atoms with Crippen LogP contribution >= 0.6 is 0 Å². The zero-order chi connectivity index (χ0) is 24.8. The molecule has 2 nitrogen and oxygen atoms in total. The Hall–Kier alpha value is -2.58. The van der Waals surface area contributed by atoms with E-state index in [9.17, 15) is 0 Å². The van der Waals surface area contributed by atoms with Crippen LogP contribution in [0.15, 0.2) is 60.7 Å². The van der Waals surface area contributed by atoms with Crippen LogP contribution in [0.2, 0.25) is 0 Å². The van der Waals surface area contributed by atoms with E-state index in [-0.39, 0.29) is 7.43 Å². The first-order chi connectivity index (χ1) is 16.3. The van der Waals surface area contributed by atoms with E-state index in [2.05, 4.69) is 84.4 Å². The van der Waals surface area contributed by atoms with E-state index in [1.54, 1.807) is 0 Å². The van der Waals surface area contributed by atoms with Gasteiger partial charge in [0.1, 0.15) is 0 Å². The number of fused-ring (bicyclic) bond motifs is 6. The van der Waals surface area contributed by atoms with Crippen molar-refractivity contribution in [3.8, 4) is 0 Å². The van der Waals surface area contributed by atoms with Crippen molar-refractivity contribution in [2.45, 2.75) is 82.2 Å². The molecule has 34 heavy (non-hydrogen) atoms. The first-order valence-electron chi connectivity index (χ1n) is 13.0. The second kappa shape index (κ2) is 16.9. The third kappa shape index (κ3) is 6.73. The number of nitrogens with one attached hydrogen (secondary N) is 1. The summed E-state index contributed by atoms with van der Waals surface area (Å²) in [5, 5.41) is 5.71. The molecule has 1 aliphatic rings. The van der Waals surface area contributed by atoms with Crippen molar-refractivity contribution < 1.29 is 0 Å². The van der Waals surface area contributed by atoms with Crippen LogP contribution in [-0.2, 0) is 19.4 Å². The van der Waals surface area contributed by atoms with Gasteiger partial charge in [0.25, 0.3) is 0 Å².